The Hall–Kier alpha value is -1.77. The summed E-state index contributed by atoms with van der Waals surface area (Å²) in [5, 5.41) is 1.25. The fraction of sp³-hybridized carbons (Fsp3) is 0.526. The molecule has 1 aromatic carbocycles. The number of carbonyl (C=O) groups excluding carboxylic acids is 1. The molecule has 4 bridgehead atoms. The fourth-order valence-electron chi connectivity index (χ4n) is 5.46. The molecule has 4 heterocycles. The van der Waals surface area contributed by atoms with Gasteiger partial charge in [-0.3, -0.25) is 4.79 Å². The normalized spacial score (nSPS) is 33.1. The van der Waals surface area contributed by atoms with Gasteiger partial charge in [0.2, 0.25) is 5.91 Å². The maximum Gasteiger partial charge on any atom is 0.227 e. The molecule has 3 heteroatoms. The first-order valence-corrected chi connectivity index (χ1v) is 8.65. The minimum Gasteiger partial charge on any atom is -0.358 e. The van der Waals surface area contributed by atoms with Crippen molar-refractivity contribution >= 4 is 16.8 Å². The van der Waals surface area contributed by atoms with Crippen molar-refractivity contribution in [3.05, 3.63) is 35.5 Å². The van der Waals surface area contributed by atoms with Crippen molar-refractivity contribution in [3.8, 4) is 0 Å². The molecule has 0 unspecified atom stereocenters. The first kappa shape index (κ1) is 12.7. The highest BCUT2D eigenvalue weighted by Gasteiger charge is 2.50. The van der Waals surface area contributed by atoms with Crippen LogP contribution in [0.25, 0.3) is 10.9 Å². The van der Waals surface area contributed by atoms with Crippen LogP contribution in [0.2, 0.25) is 0 Å². The van der Waals surface area contributed by atoms with Gasteiger partial charge in [-0.2, -0.15) is 0 Å². The van der Waals surface area contributed by atoms with Crippen LogP contribution in [0.5, 0.6) is 0 Å². The standard InChI is InChI=1S/C19H22N2O/c1-2-12-7-11-8-15-18-14(9-17(22)21(10-11)19(12)15)13-5-3-4-6-16(13)20-18/h3-6,11-12,15,19-20H,2,7-10H2,1H3/t11-,12+,15+,19+/m1/s1. The number of rotatable bonds is 1. The summed E-state index contributed by atoms with van der Waals surface area (Å²) in [5.74, 6) is 2.24. The number of nitrogens with one attached hydrogen (secondary N) is 1. The van der Waals surface area contributed by atoms with E-state index in [9.17, 15) is 4.79 Å². The Morgan fingerprint density at radius 3 is 3.00 bits per heavy atom. The van der Waals surface area contributed by atoms with Gasteiger partial charge in [0.25, 0.3) is 0 Å². The molecule has 4 atom stereocenters. The van der Waals surface area contributed by atoms with Gasteiger partial charge in [0, 0.05) is 35.1 Å². The van der Waals surface area contributed by atoms with Gasteiger partial charge in [-0.25, -0.2) is 0 Å². The summed E-state index contributed by atoms with van der Waals surface area (Å²) in [5.41, 5.74) is 3.84. The van der Waals surface area contributed by atoms with E-state index in [2.05, 4.69) is 41.1 Å². The summed E-state index contributed by atoms with van der Waals surface area (Å²) in [6.07, 6.45) is 4.34. The van der Waals surface area contributed by atoms with Gasteiger partial charge in [-0.1, -0.05) is 31.5 Å². The molecule has 4 aliphatic rings. The molecule has 1 amide bonds. The van der Waals surface area contributed by atoms with E-state index in [0.717, 1.165) is 6.54 Å². The lowest BCUT2D eigenvalue weighted by Gasteiger charge is -2.53. The largest absolute Gasteiger partial charge is 0.358 e. The number of piperidine rings is 2. The van der Waals surface area contributed by atoms with Crippen LogP contribution >= 0.6 is 0 Å². The topological polar surface area (TPSA) is 36.1 Å². The van der Waals surface area contributed by atoms with Crippen LogP contribution in [0.4, 0.5) is 0 Å². The van der Waals surface area contributed by atoms with Crippen molar-refractivity contribution in [1.29, 1.82) is 0 Å². The summed E-state index contributed by atoms with van der Waals surface area (Å²) in [6, 6.07) is 8.90. The lowest BCUT2D eigenvalue weighted by Crippen LogP contribution is -2.57. The zero-order chi connectivity index (χ0) is 14.8. The highest BCUT2D eigenvalue weighted by molar-refractivity contribution is 5.91. The SMILES string of the molecule is CC[C@H]1C[C@@H]2C[C@H]3c4[nH]c5ccccc5c4CC(=O)N(C2)[C@@H]13. The summed E-state index contributed by atoms with van der Waals surface area (Å²) in [6.45, 7) is 3.29. The highest BCUT2D eigenvalue weighted by Crippen LogP contribution is 2.51. The van der Waals surface area contributed by atoms with Crippen molar-refractivity contribution in [1.82, 2.24) is 9.88 Å². The number of aromatic amines is 1. The Kier molecular flexibility index (Phi) is 2.53. The van der Waals surface area contributed by atoms with Gasteiger partial charge in [-0.05, 0) is 36.3 Å². The summed E-state index contributed by atoms with van der Waals surface area (Å²) in [7, 11) is 0. The smallest absolute Gasteiger partial charge is 0.227 e. The second kappa shape index (κ2) is 4.37. The maximum absolute atomic E-state index is 12.9. The number of carbonyl (C=O) groups is 1. The van der Waals surface area contributed by atoms with E-state index >= 15 is 0 Å². The first-order chi connectivity index (χ1) is 10.8. The molecule has 3 fully saturated rings. The lowest BCUT2D eigenvalue weighted by molar-refractivity contribution is -0.141. The predicted octanol–water partition coefficient (Wildman–Crippen LogP) is 3.45. The number of nitrogens with zero attached hydrogens (tertiary/aromatic N) is 1. The Bertz CT molecular complexity index is 762. The number of amides is 1. The molecule has 114 valence electrons. The molecule has 1 aromatic heterocycles. The average molecular weight is 294 g/mol. The van der Waals surface area contributed by atoms with Gasteiger partial charge >= 0.3 is 0 Å². The van der Waals surface area contributed by atoms with Crippen LogP contribution in [0, 0.1) is 11.8 Å². The molecule has 3 aliphatic heterocycles. The zero-order valence-corrected chi connectivity index (χ0v) is 13.0. The van der Waals surface area contributed by atoms with Crippen LogP contribution in [-0.4, -0.2) is 28.4 Å². The van der Waals surface area contributed by atoms with Crippen molar-refractivity contribution in [2.24, 2.45) is 11.8 Å². The Morgan fingerprint density at radius 2 is 2.14 bits per heavy atom. The monoisotopic (exact) mass is 294 g/mol. The van der Waals surface area contributed by atoms with Crippen molar-refractivity contribution < 1.29 is 4.79 Å². The number of fused-ring (bicyclic) bond motifs is 4. The van der Waals surface area contributed by atoms with E-state index < -0.39 is 0 Å². The molecule has 1 saturated carbocycles. The maximum atomic E-state index is 12.9. The Balaban J connectivity index is 1.73. The second-order valence-electron chi connectivity index (χ2n) is 7.39. The molecule has 2 saturated heterocycles. The molecule has 3 nitrogen and oxygen atoms in total. The van der Waals surface area contributed by atoms with Gasteiger partial charge in [0.1, 0.15) is 0 Å². The molecular formula is C19H22N2O. The molecule has 2 aromatic rings. The molecule has 0 spiro atoms. The molecule has 22 heavy (non-hydrogen) atoms. The Morgan fingerprint density at radius 1 is 1.27 bits per heavy atom. The number of para-hydroxylation sites is 1. The number of aromatic nitrogens is 1. The molecular weight excluding hydrogens is 272 g/mol. The van der Waals surface area contributed by atoms with E-state index in [1.165, 1.54) is 41.4 Å². The van der Waals surface area contributed by atoms with Crippen LogP contribution in [0.15, 0.2) is 24.3 Å². The number of hydrogen-bond donors (Lipinski definition) is 1. The zero-order valence-electron chi connectivity index (χ0n) is 13.0. The minimum atomic E-state index is 0.348. The summed E-state index contributed by atoms with van der Waals surface area (Å²) in [4.78, 5) is 18.8. The van der Waals surface area contributed by atoms with Gasteiger partial charge in [0.05, 0.1) is 6.42 Å². The van der Waals surface area contributed by atoms with E-state index in [-0.39, 0.29) is 0 Å². The van der Waals surface area contributed by atoms with Crippen LogP contribution < -0.4 is 0 Å². The highest BCUT2D eigenvalue weighted by atomic mass is 16.2. The van der Waals surface area contributed by atoms with Crippen molar-refractivity contribution in [3.63, 3.8) is 0 Å². The number of hydrogen-bond acceptors (Lipinski definition) is 1. The van der Waals surface area contributed by atoms with Crippen LogP contribution in [0.1, 0.15) is 43.4 Å². The fourth-order valence-corrected chi connectivity index (χ4v) is 5.46. The second-order valence-corrected chi connectivity index (χ2v) is 7.39. The van der Waals surface area contributed by atoms with Crippen LogP contribution in [0.3, 0.4) is 0 Å². The third-order valence-electron chi connectivity index (χ3n) is 6.32. The summed E-state index contributed by atoms with van der Waals surface area (Å²) >= 11 is 0. The molecule has 1 aliphatic carbocycles. The first-order valence-electron chi connectivity index (χ1n) is 8.65. The molecule has 0 radical (unpaired) electrons. The van der Waals surface area contributed by atoms with Gasteiger partial charge in [0.15, 0.2) is 0 Å². The van der Waals surface area contributed by atoms with Crippen molar-refractivity contribution in [2.45, 2.75) is 44.6 Å². The molecule has 6 rings (SSSR count). The van der Waals surface area contributed by atoms with E-state index in [4.69, 9.17) is 0 Å². The number of H-pyrrole nitrogens is 1. The van der Waals surface area contributed by atoms with Crippen molar-refractivity contribution in [2.75, 3.05) is 6.54 Å². The third kappa shape index (κ3) is 1.54. The third-order valence-corrected chi connectivity index (χ3v) is 6.32. The quantitative estimate of drug-likeness (QED) is 0.859. The van der Waals surface area contributed by atoms with E-state index in [1.807, 2.05) is 0 Å². The summed E-state index contributed by atoms with van der Waals surface area (Å²) < 4.78 is 0. The molecule has 1 N–H and O–H groups in total. The van der Waals surface area contributed by atoms with Crippen LogP contribution in [-0.2, 0) is 11.2 Å². The Labute approximate surface area is 130 Å². The van der Waals surface area contributed by atoms with E-state index in [0.29, 0.717) is 36.1 Å². The number of benzene rings is 1. The average Bonchev–Trinajstić information content (AvgIpc) is 2.89. The van der Waals surface area contributed by atoms with Gasteiger partial charge in [-0.15, -0.1) is 0 Å². The minimum absolute atomic E-state index is 0.348. The predicted molar refractivity (Wildman–Crippen MR) is 86.7 cm³/mol. The lowest BCUT2D eigenvalue weighted by atomic mass is 9.65. The van der Waals surface area contributed by atoms with Gasteiger partial charge < -0.3 is 9.88 Å². The van der Waals surface area contributed by atoms with E-state index in [1.54, 1.807) is 0 Å².